The molecule has 0 aliphatic carbocycles. The van der Waals surface area contributed by atoms with Gasteiger partial charge in [-0.2, -0.15) is 0 Å². The standard InChI is InChI=1S/C11H16N2O/c1-4-10-7-5-6-8(2)11(10)13-12-9(3)14/h5-7,13H,4H2,1-3H3,(H,12,14). The maximum atomic E-state index is 10.8. The van der Waals surface area contributed by atoms with Gasteiger partial charge in [-0.3, -0.25) is 15.6 Å². The van der Waals surface area contributed by atoms with E-state index in [9.17, 15) is 4.79 Å². The zero-order valence-electron chi connectivity index (χ0n) is 8.85. The molecule has 0 radical (unpaired) electrons. The smallest absolute Gasteiger partial charge is 0.235 e. The first-order chi connectivity index (χ1) is 6.65. The second kappa shape index (κ2) is 4.65. The van der Waals surface area contributed by atoms with E-state index in [0.29, 0.717) is 0 Å². The number of hydrogen-bond acceptors (Lipinski definition) is 2. The molecule has 1 aromatic rings. The Morgan fingerprint density at radius 2 is 2.14 bits per heavy atom. The number of carbonyl (C=O) groups excluding carboxylic acids is 1. The first kappa shape index (κ1) is 10.6. The number of nitrogens with one attached hydrogen (secondary N) is 2. The zero-order chi connectivity index (χ0) is 10.6. The summed E-state index contributed by atoms with van der Waals surface area (Å²) < 4.78 is 0. The van der Waals surface area contributed by atoms with Crippen LogP contribution >= 0.6 is 0 Å². The van der Waals surface area contributed by atoms with Crippen molar-refractivity contribution in [2.75, 3.05) is 5.43 Å². The number of carbonyl (C=O) groups is 1. The SMILES string of the molecule is CCc1cccc(C)c1NNC(C)=O. The normalized spacial score (nSPS) is 9.64. The lowest BCUT2D eigenvalue weighted by Crippen LogP contribution is -2.27. The highest BCUT2D eigenvalue weighted by atomic mass is 16.2. The van der Waals surface area contributed by atoms with E-state index in [1.807, 2.05) is 19.1 Å². The van der Waals surface area contributed by atoms with E-state index >= 15 is 0 Å². The van der Waals surface area contributed by atoms with Crippen LogP contribution in [0, 0.1) is 6.92 Å². The van der Waals surface area contributed by atoms with Crippen molar-refractivity contribution in [3.8, 4) is 0 Å². The molecule has 14 heavy (non-hydrogen) atoms. The quantitative estimate of drug-likeness (QED) is 0.719. The Kier molecular flexibility index (Phi) is 3.51. The van der Waals surface area contributed by atoms with Crippen molar-refractivity contribution in [1.29, 1.82) is 0 Å². The molecule has 1 aromatic carbocycles. The number of rotatable bonds is 3. The minimum Gasteiger partial charge on any atom is -0.298 e. The number of anilines is 1. The fourth-order valence-corrected chi connectivity index (χ4v) is 1.35. The molecule has 3 nitrogen and oxygen atoms in total. The molecule has 0 atom stereocenters. The Bertz CT molecular complexity index is 334. The summed E-state index contributed by atoms with van der Waals surface area (Å²) in [5.74, 6) is -0.0877. The van der Waals surface area contributed by atoms with Gasteiger partial charge in [0.2, 0.25) is 5.91 Å². The predicted molar refractivity (Wildman–Crippen MR) is 58.0 cm³/mol. The summed E-state index contributed by atoms with van der Waals surface area (Å²) in [6.07, 6.45) is 0.948. The van der Waals surface area contributed by atoms with Gasteiger partial charge >= 0.3 is 0 Å². The molecule has 1 rings (SSSR count). The fraction of sp³-hybridized carbons (Fsp3) is 0.364. The minimum absolute atomic E-state index is 0.0877. The van der Waals surface area contributed by atoms with Crippen LogP contribution in [-0.4, -0.2) is 5.91 Å². The van der Waals surface area contributed by atoms with E-state index in [2.05, 4.69) is 23.8 Å². The second-order valence-corrected chi connectivity index (χ2v) is 3.27. The molecule has 1 amide bonds. The highest BCUT2D eigenvalue weighted by molar-refractivity contribution is 5.75. The average Bonchev–Trinajstić information content (AvgIpc) is 2.15. The predicted octanol–water partition coefficient (Wildman–Crippen LogP) is 2.02. The number of hydrazine groups is 1. The summed E-state index contributed by atoms with van der Waals surface area (Å²) in [7, 11) is 0. The maximum Gasteiger partial charge on any atom is 0.235 e. The third-order valence-electron chi connectivity index (χ3n) is 2.10. The Hall–Kier alpha value is -1.51. The Labute approximate surface area is 84.5 Å². The van der Waals surface area contributed by atoms with Crippen molar-refractivity contribution >= 4 is 11.6 Å². The molecule has 0 aliphatic heterocycles. The van der Waals surface area contributed by atoms with Crippen LogP contribution in [0.2, 0.25) is 0 Å². The van der Waals surface area contributed by atoms with Gasteiger partial charge in [0.05, 0.1) is 5.69 Å². The lowest BCUT2D eigenvalue weighted by molar-refractivity contribution is -0.118. The molecule has 0 unspecified atom stereocenters. The van der Waals surface area contributed by atoms with Crippen LogP contribution in [0.1, 0.15) is 25.0 Å². The molecule has 2 N–H and O–H groups in total. The molecule has 0 aromatic heterocycles. The van der Waals surface area contributed by atoms with E-state index in [0.717, 1.165) is 17.7 Å². The highest BCUT2D eigenvalue weighted by Gasteiger charge is 2.03. The summed E-state index contributed by atoms with van der Waals surface area (Å²) in [5.41, 5.74) is 8.87. The largest absolute Gasteiger partial charge is 0.298 e. The second-order valence-electron chi connectivity index (χ2n) is 3.27. The number of para-hydroxylation sites is 1. The fourth-order valence-electron chi connectivity index (χ4n) is 1.35. The molecule has 3 heteroatoms. The van der Waals surface area contributed by atoms with E-state index < -0.39 is 0 Å². The Balaban J connectivity index is 2.87. The Morgan fingerprint density at radius 1 is 1.43 bits per heavy atom. The molecular weight excluding hydrogens is 176 g/mol. The monoisotopic (exact) mass is 192 g/mol. The summed E-state index contributed by atoms with van der Waals surface area (Å²) in [6.45, 7) is 5.59. The third-order valence-corrected chi connectivity index (χ3v) is 2.10. The molecule has 0 heterocycles. The number of hydrogen-bond donors (Lipinski definition) is 2. The van der Waals surface area contributed by atoms with Gasteiger partial charge in [-0.1, -0.05) is 25.1 Å². The van der Waals surface area contributed by atoms with Crippen molar-refractivity contribution in [3.63, 3.8) is 0 Å². The van der Waals surface area contributed by atoms with E-state index in [1.165, 1.54) is 12.5 Å². The van der Waals surface area contributed by atoms with Crippen LogP contribution in [0.25, 0.3) is 0 Å². The lowest BCUT2D eigenvalue weighted by atomic mass is 10.1. The maximum absolute atomic E-state index is 10.8. The topological polar surface area (TPSA) is 41.1 Å². The van der Waals surface area contributed by atoms with Crippen LogP contribution in [0.4, 0.5) is 5.69 Å². The zero-order valence-corrected chi connectivity index (χ0v) is 8.85. The first-order valence-corrected chi connectivity index (χ1v) is 4.76. The summed E-state index contributed by atoms with van der Waals surface area (Å²) in [5, 5.41) is 0. The van der Waals surface area contributed by atoms with Crippen molar-refractivity contribution in [1.82, 2.24) is 5.43 Å². The molecule has 0 saturated heterocycles. The minimum atomic E-state index is -0.0877. The molecule has 0 spiro atoms. The average molecular weight is 192 g/mol. The number of aryl methyl sites for hydroxylation is 2. The van der Waals surface area contributed by atoms with E-state index in [4.69, 9.17) is 0 Å². The number of amides is 1. The van der Waals surface area contributed by atoms with Gasteiger partial charge in [0.15, 0.2) is 0 Å². The molecular formula is C11H16N2O. The van der Waals surface area contributed by atoms with Crippen LogP contribution in [0.3, 0.4) is 0 Å². The van der Waals surface area contributed by atoms with Gasteiger partial charge in [0, 0.05) is 6.92 Å². The third kappa shape index (κ3) is 2.49. The molecule has 0 saturated carbocycles. The summed E-state index contributed by atoms with van der Waals surface area (Å²) >= 11 is 0. The molecule has 76 valence electrons. The first-order valence-electron chi connectivity index (χ1n) is 4.76. The van der Waals surface area contributed by atoms with Gasteiger partial charge in [0.1, 0.15) is 0 Å². The molecule has 0 bridgehead atoms. The van der Waals surface area contributed by atoms with Crippen molar-refractivity contribution < 1.29 is 4.79 Å². The van der Waals surface area contributed by atoms with Crippen molar-refractivity contribution in [2.45, 2.75) is 27.2 Å². The summed E-state index contributed by atoms with van der Waals surface area (Å²) in [4.78, 5) is 10.8. The molecule has 0 fully saturated rings. The van der Waals surface area contributed by atoms with Gasteiger partial charge in [-0.15, -0.1) is 0 Å². The number of benzene rings is 1. The van der Waals surface area contributed by atoms with Gasteiger partial charge in [0.25, 0.3) is 0 Å². The van der Waals surface area contributed by atoms with Gasteiger partial charge in [-0.05, 0) is 24.5 Å². The lowest BCUT2D eigenvalue weighted by Gasteiger charge is -2.13. The summed E-state index contributed by atoms with van der Waals surface area (Å²) in [6, 6.07) is 6.09. The van der Waals surface area contributed by atoms with Crippen LogP contribution in [-0.2, 0) is 11.2 Å². The van der Waals surface area contributed by atoms with Crippen molar-refractivity contribution in [2.24, 2.45) is 0 Å². The van der Waals surface area contributed by atoms with Crippen LogP contribution in [0.5, 0.6) is 0 Å². The highest BCUT2D eigenvalue weighted by Crippen LogP contribution is 2.19. The van der Waals surface area contributed by atoms with Gasteiger partial charge < -0.3 is 0 Å². The van der Waals surface area contributed by atoms with Gasteiger partial charge in [-0.25, -0.2) is 0 Å². The molecule has 0 aliphatic rings. The van der Waals surface area contributed by atoms with E-state index in [-0.39, 0.29) is 5.91 Å². The Morgan fingerprint density at radius 3 is 2.71 bits per heavy atom. The van der Waals surface area contributed by atoms with E-state index in [1.54, 1.807) is 0 Å². The van der Waals surface area contributed by atoms with Crippen LogP contribution in [0.15, 0.2) is 18.2 Å². The van der Waals surface area contributed by atoms with Crippen LogP contribution < -0.4 is 10.9 Å². The van der Waals surface area contributed by atoms with Crippen molar-refractivity contribution in [3.05, 3.63) is 29.3 Å².